The summed E-state index contributed by atoms with van der Waals surface area (Å²) in [6.45, 7) is 0. The molecule has 0 aliphatic heterocycles. The zero-order valence-corrected chi connectivity index (χ0v) is 9.96. The van der Waals surface area contributed by atoms with Crippen LogP contribution in [0.1, 0.15) is 11.1 Å². The van der Waals surface area contributed by atoms with Crippen molar-refractivity contribution >= 4 is 11.6 Å². The highest BCUT2D eigenvalue weighted by molar-refractivity contribution is 6.17. The van der Waals surface area contributed by atoms with E-state index < -0.39 is 11.7 Å². The molecule has 1 nitrogen and oxygen atoms in total. The van der Waals surface area contributed by atoms with Crippen molar-refractivity contribution in [2.75, 3.05) is 0 Å². The summed E-state index contributed by atoms with van der Waals surface area (Å²) in [6.07, 6.45) is -1.30. The van der Waals surface area contributed by atoms with Gasteiger partial charge in [-0.2, -0.15) is 13.2 Å². The highest BCUT2D eigenvalue weighted by Gasteiger charge is 2.31. The monoisotopic (exact) mass is 271 g/mol. The van der Waals surface area contributed by atoms with Gasteiger partial charge in [-0.3, -0.25) is 4.98 Å². The topological polar surface area (TPSA) is 12.9 Å². The maximum Gasteiger partial charge on any atom is 0.416 e. The number of hydrogen-bond acceptors (Lipinski definition) is 1. The maximum atomic E-state index is 12.7. The van der Waals surface area contributed by atoms with Gasteiger partial charge in [-0.1, -0.05) is 0 Å². The molecule has 0 spiro atoms. The third kappa shape index (κ3) is 2.82. The molecule has 0 aliphatic rings. The van der Waals surface area contributed by atoms with E-state index in [1.165, 1.54) is 12.4 Å². The normalized spacial score (nSPS) is 11.6. The number of nitrogens with zero attached hydrogens (tertiary/aromatic N) is 1. The first-order chi connectivity index (χ1) is 8.50. The van der Waals surface area contributed by atoms with Crippen LogP contribution in [0.5, 0.6) is 0 Å². The number of hydrogen-bond donors (Lipinski definition) is 0. The van der Waals surface area contributed by atoms with Crippen LogP contribution in [0.4, 0.5) is 13.2 Å². The zero-order valence-electron chi connectivity index (χ0n) is 9.21. The molecule has 0 unspecified atom stereocenters. The standard InChI is InChI=1S/C13H9ClF3N/c14-8-9-5-11(10-1-3-18-4-2-10)7-12(6-9)13(15,16)17/h1-7H,8H2. The molecular formula is C13H9ClF3N. The third-order valence-corrected chi connectivity index (χ3v) is 2.80. The van der Waals surface area contributed by atoms with Gasteiger partial charge in [0.05, 0.1) is 5.56 Å². The lowest BCUT2D eigenvalue weighted by atomic mass is 10.0. The zero-order chi connectivity index (χ0) is 13.2. The van der Waals surface area contributed by atoms with Gasteiger partial charge in [-0.05, 0) is 47.0 Å². The molecule has 1 aromatic carbocycles. The summed E-state index contributed by atoms with van der Waals surface area (Å²) >= 11 is 5.63. The van der Waals surface area contributed by atoms with Crippen LogP contribution in [-0.2, 0) is 12.1 Å². The maximum absolute atomic E-state index is 12.7. The molecule has 0 fully saturated rings. The van der Waals surface area contributed by atoms with Gasteiger partial charge in [0.25, 0.3) is 0 Å². The Morgan fingerprint density at radius 1 is 1.00 bits per heavy atom. The first-order valence-electron chi connectivity index (χ1n) is 5.18. The van der Waals surface area contributed by atoms with Crippen LogP contribution in [0.3, 0.4) is 0 Å². The summed E-state index contributed by atoms with van der Waals surface area (Å²) in [5, 5.41) is 0. The van der Waals surface area contributed by atoms with E-state index in [-0.39, 0.29) is 5.88 Å². The lowest BCUT2D eigenvalue weighted by Gasteiger charge is -2.11. The Balaban J connectivity index is 2.55. The van der Waals surface area contributed by atoms with Crippen molar-refractivity contribution in [3.8, 4) is 11.1 Å². The molecule has 0 radical (unpaired) electrons. The first-order valence-corrected chi connectivity index (χ1v) is 5.71. The smallest absolute Gasteiger partial charge is 0.265 e. The van der Waals surface area contributed by atoms with Crippen molar-refractivity contribution in [2.45, 2.75) is 12.1 Å². The summed E-state index contributed by atoms with van der Waals surface area (Å²) in [6, 6.07) is 7.15. The van der Waals surface area contributed by atoms with Crippen LogP contribution in [0.15, 0.2) is 42.7 Å². The summed E-state index contributed by atoms with van der Waals surface area (Å²) < 4.78 is 38.2. The van der Waals surface area contributed by atoms with Gasteiger partial charge in [-0.25, -0.2) is 0 Å². The van der Waals surface area contributed by atoms with E-state index in [9.17, 15) is 13.2 Å². The summed E-state index contributed by atoms with van der Waals surface area (Å²) in [5.41, 5.74) is 0.927. The van der Waals surface area contributed by atoms with Crippen molar-refractivity contribution < 1.29 is 13.2 Å². The Hall–Kier alpha value is -1.55. The van der Waals surface area contributed by atoms with Gasteiger partial charge < -0.3 is 0 Å². The van der Waals surface area contributed by atoms with Crippen LogP contribution >= 0.6 is 11.6 Å². The second-order valence-electron chi connectivity index (χ2n) is 3.79. The van der Waals surface area contributed by atoms with Crippen molar-refractivity contribution in [1.82, 2.24) is 4.98 Å². The molecule has 0 atom stereocenters. The van der Waals surface area contributed by atoms with Crippen LogP contribution in [-0.4, -0.2) is 4.98 Å². The van der Waals surface area contributed by atoms with E-state index >= 15 is 0 Å². The Morgan fingerprint density at radius 3 is 2.22 bits per heavy atom. The van der Waals surface area contributed by atoms with E-state index in [1.807, 2.05) is 0 Å². The van der Waals surface area contributed by atoms with Gasteiger partial charge in [0.1, 0.15) is 0 Å². The minimum atomic E-state index is -4.37. The first kappa shape index (κ1) is 12.9. The molecule has 1 aromatic heterocycles. The quantitative estimate of drug-likeness (QED) is 0.733. The molecule has 1 heterocycles. The van der Waals surface area contributed by atoms with Crippen molar-refractivity contribution in [3.05, 3.63) is 53.9 Å². The molecule has 2 aromatic rings. The highest BCUT2D eigenvalue weighted by atomic mass is 35.5. The van der Waals surface area contributed by atoms with E-state index in [2.05, 4.69) is 4.98 Å². The average Bonchev–Trinajstić information content (AvgIpc) is 2.38. The lowest BCUT2D eigenvalue weighted by Crippen LogP contribution is -2.05. The van der Waals surface area contributed by atoms with Crippen LogP contribution in [0, 0.1) is 0 Å². The van der Waals surface area contributed by atoms with E-state index in [0.717, 1.165) is 12.1 Å². The third-order valence-electron chi connectivity index (χ3n) is 2.49. The SMILES string of the molecule is FC(F)(F)c1cc(CCl)cc(-c2ccncc2)c1. The van der Waals surface area contributed by atoms with E-state index in [4.69, 9.17) is 11.6 Å². The minimum absolute atomic E-state index is 0.0437. The lowest BCUT2D eigenvalue weighted by molar-refractivity contribution is -0.137. The molecule has 0 aliphatic carbocycles. The molecular weight excluding hydrogens is 263 g/mol. The Kier molecular flexibility index (Phi) is 3.57. The second kappa shape index (κ2) is 4.98. The van der Waals surface area contributed by atoms with Crippen molar-refractivity contribution in [1.29, 1.82) is 0 Å². The second-order valence-corrected chi connectivity index (χ2v) is 4.05. The van der Waals surface area contributed by atoms with Gasteiger partial charge in [0.2, 0.25) is 0 Å². The Bertz CT molecular complexity index is 538. The fourth-order valence-electron chi connectivity index (χ4n) is 1.64. The molecule has 0 bridgehead atoms. The van der Waals surface area contributed by atoms with Crippen molar-refractivity contribution in [3.63, 3.8) is 0 Å². The van der Waals surface area contributed by atoms with Crippen molar-refractivity contribution in [2.24, 2.45) is 0 Å². The number of alkyl halides is 4. The predicted octanol–water partition coefficient (Wildman–Crippen LogP) is 4.51. The Morgan fingerprint density at radius 2 is 1.67 bits per heavy atom. The van der Waals surface area contributed by atoms with Crippen LogP contribution in [0.25, 0.3) is 11.1 Å². The summed E-state index contributed by atoms with van der Waals surface area (Å²) in [7, 11) is 0. The Labute approximate surface area is 107 Å². The fourth-order valence-corrected chi connectivity index (χ4v) is 1.80. The molecule has 0 N–H and O–H groups in total. The predicted molar refractivity (Wildman–Crippen MR) is 64.2 cm³/mol. The molecule has 94 valence electrons. The van der Waals surface area contributed by atoms with E-state index in [1.54, 1.807) is 18.2 Å². The summed E-state index contributed by atoms with van der Waals surface area (Å²) in [5.74, 6) is 0.0437. The number of rotatable bonds is 2. The molecule has 18 heavy (non-hydrogen) atoms. The van der Waals surface area contributed by atoms with Gasteiger partial charge in [0.15, 0.2) is 0 Å². The van der Waals surface area contributed by atoms with Crippen LogP contribution < -0.4 is 0 Å². The molecule has 5 heteroatoms. The minimum Gasteiger partial charge on any atom is -0.265 e. The molecule has 2 rings (SSSR count). The van der Waals surface area contributed by atoms with Gasteiger partial charge in [-0.15, -0.1) is 11.6 Å². The van der Waals surface area contributed by atoms with E-state index in [0.29, 0.717) is 16.7 Å². The molecule has 0 amide bonds. The molecule has 0 saturated heterocycles. The number of benzene rings is 1. The molecule has 0 saturated carbocycles. The highest BCUT2D eigenvalue weighted by Crippen LogP contribution is 2.33. The number of aromatic nitrogens is 1. The summed E-state index contributed by atoms with van der Waals surface area (Å²) in [4.78, 5) is 3.84. The fraction of sp³-hybridized carbons (Fsp3) is 0.154. The average molecular weight is 272 g/mol. The van der Waals surface area contributed by atoms with Gasteiger partial charge >= 0.3 is 6.18 Å². The van der Waals surface area contributed by atoms with Crippen LogP contribution in [0.2, 0.25) is 0 Å². The largest absolute Gasteiger partial charge is 0.416 e. The number of halogens is 4. The van der Waals surface area contributed by atoms with Gasteiger partial charge in [0, 0.05) is 18.3 Å². The number of pyridine rings is 1.